The Morgan fingerprint density at radius 1 is 1.43 bits per heavy atom. The van der Waals surface area contributed by atoms with Gasteiger partial charge in [0.05, 0.1) is 22.3 Å². The van der Waals surface area contributed by atoms with E-state index in [0.29, 0.717) is 27.5 Å². The lowest BCUT2D eigenvalue weighted by Gasteiger charge is -2.24. The fourth-order valence-electron chi connectivity index (χ4n) is 3.95. The Labute approximate surface area is 178 Å². The fourth-order valence-corrected chi connectivity index (χ4v) is 4.21. The zero-order valence-corrected chi connectivity index (χ0v) is 17.4. The van der Waals surface area contributed by atoms with Gasteiger partial charge in [-0.1, -0.05) is 23.7 Å². The second-order valence-electron chi connectivity index (χ2n) is 7.52. The summed E-state index contributed by atoms with van der Waals surface area (Å²) in [5, 5.41) is 21.5. The van der Waals surface area contributed by atoms with E-state index in [9.17, 15) is 10.1 Å². The number of hydrogen-bond acceptors (Lipinski definition) is 5. The fraction of sp³-hybridized carbons (Fsp3) is 0.333. The summed E-state index contributed by atoms with van der Waals surface area (Å²) in [5.74, 6) is 0.367. The Bertz CT molecular complexity index is 1230. The Morgan fingerprint density at radius 2 is 2.20 bits per heavy atom. The standard InChI is InChI=1S/C21H22ClN7O/c1-11(26-12(2)18-16(9-23)27-28-20(18)25-10-24)17-8-13-4-3-5-15(22)19(13)21(30)29(17)14-6-7-14/h3-5,8,10-12,14,26H,6-7H2,1-2H3,(H3,24,25,27,28)/t11-,12?/m0/s1. The molecule has 4 rings (SSSR count). The molecule has 154 valence electrons. The monoisotopic (exact) mass is 423 g/mol. The van der Waals surface area contributed by atoms with Crippen molar-refractivity contribution in [3.8, 4) is 6.07 Å². The molecule has 2 aromatic heterocycles. The molecule has 2 atom stereocenters. The molecule has 30 heavy (non-hydrogen) atoms. The van der Waals surface area contributed by atoms with Crippen molar-refractivity contribution in [2.24, 2.45) is 10.7 Å². The molecule has 8 nitrogen and oxygen atoms in total. The number of fused-ring (bicyclic) bond motifs is 1. The topological polar surface area (TPSA) is 125 Å². The second-order valence-corrected chi connectivity index (χ2v) is 7.92. The molecule has 1 saturated carbocycles. The number of rotatable bonds is 6. The lowest BCUT2D eigenvalue weighted by atomic mass is 10.0. The number of aromatic nitrogens is 3. The number of aliphatic imine (C=N–C) groups is 1. The summed E-state index contributed by atoms with van der Waals surface area (Å²) in [6, 6.07) is 9.37. The van der Waals surface area contributed by atoms with Crippen LogP contribution in [0.4, 0.5) is 5.82 Å². The lowest BCUT2D eigenvalue weighted by molar-refractivity contribution is 0.463. The molecule has 1 aromatic carbocycles. The van der Waals surface area contributed by atoms with Crippen LogP contribution in [0.3, 0.4) is 0 Å². The van der Waals surface area contributed by atoms with Crippen LogP contribution in [0.15, 0.2) is 34.1 Å². The minimum absolute atomic E-state index is 0.0636. The summed E-state index contributed by atoms with van der Waals surface area (Å²) in [4.78, 5) is 17.3. The molecule has 3 aromatic rings. The van der Waals surface area contributed by atoms with Crippen LogP contribution in [-0.4, -0.2) is 21.1 Å². The first-order valence-corrected chi connectivity index (χ1v) is 10.2. The summed E-state index contributed by atoms with van der Waals surface area (Å²) in [5.41, 5.74) is 7.20. The van der Waals surface area contributed by atoms with Crippen LogP contribution in [0, 0.1) is 11.3 Å². The molecule has 9 heteroatoms. The molecule has 0 radical (unpaired) electrons. The lowest BCUT2D eigenvalue weighted by Crippen LogP contribution is -2.30. The maximum absolute atomic E-state index is 13.3. The Balaban J connectivity index is 1.75. The van der Waals surface area contributed by atoms with Crippen LogP contribution in [0.5, 0.6) is 0 Å². The van der Waals surface area contributed by atoms with E-state index in [2.05, 4.69) is 26.6 Å². The normalized spacial score (nSPS) is 16.1. The molecule has 0 aliphatic heterocycles. The average Bonchev–Trinajstić information content (AvgIpc) is 3.47. The molecular weight excluding hydrogens is 402 g/mol. The molecule has 2 heterocycles. The summed E-state index contributed by atoms with van der Waals surface area (Å²) in [7, 11) is 0. The van der Waals surface area contributed by atoms with Gasteiger partial charge in [0.25, 0.3) is 5.56 Å². The number of aromatic amines is 1. The average molecular weight is 424 g/mol. The van der Waals surface area contributed by atoms with Gasteiger partial charge in [-0.25, -0.2) is 4.99 Å². The van der Waals surface area contributed by atoms with Crippen molar-refractivity contribution in [1.29, 1.82) is 5.26 Å². The predicted molar refractivity (Wildman–Crippen MR) is 117 cm³/mol. The minimum atomic E-state index is -0.259. The largest absolute Gasteiger partial charge is 0.390 e. The van der Waals surface area contributed by atoms with Crippen molar-refractivity contribution >= 4 is 34.5 Å². The van der Waals surface area contributed by atoms with E-state index in [1.807, 2.05) is 36.6 Å². The number of nitrogens with two attached hydrogens (primary N) is 1. The highest BCUT2D eigenvalue weighted by Gasteiger charge is 2.30. The number of hydrogen-bond donors (Lipinski definition) is 3. The van der Waals surface area contributed by atoms with E-state index >= 15 is 0 Å². The number of pyridine rings is 1. The molecule has 1 aliphatic rings. The predicted octanol–water partition coefficient (Wildman–Crippen LogP) is 3.61. The van der Waals surface area contributed by atoms with Crippen LogP contribution in [0.25, 0.3) is 10.8 Å². The maximum atomic E-state index is 13.3. The van der Waals surface area contributed by atoms with Gasteiger partial charge in [-0.2, -0.15) is 10.4 Å². The van der Waals surface area contributed by atoms with Crippen molar-refractivity contribution in [2.75, 3.05) is 0 Å². The molecule has 0 spiro atoms. The number of benzene rings is 1. The first-order chi connectivity index (χ1) is 14.5. The molecule has 0 saturated heterocycles. The van der Waals surface area contributed by atoms with Crippen molar-refractivity contribution in [3.63, 3.8) is 0 Å². The van der Waals surface area contributed by atoms with Crippen LogP contribution in [0.2, 0.25) is 5.02 Å². The van der Waals surface area contributed by atoms with E-state index in [0.717, 1.165) is 30.3 Å². The zero-order valence-electron chi connectivity index (χ0n) is 16.7. The van der Waals surface area contributed by atoms with Crippen LogP contribution < -0.4 is 16.6 Å². The van der Waals surface area contributed by atoms with Gasteiger partial charge in [-0.15, -0.1) is 0 Å². The van der Waals surface area contributed by atoms with Crippen molar-refractivity contribution in [3.05, 3.63) is 56.6 Å². The van der Waals surface area contributed by atoms with E-state index in [-0.39, 0.29) is 23.7 Å². The third kappa shape index (κ3) is 3.47. The van der Waals surface area contributed by atoms with Gasteiger partial charge >= 0.3 is 0 Å². The smallest absolute Gasteiger partial charge is 0.260 e. The highest BCUT2D eigenvalue weighted by molar-refractivity contribution is 6.35. The Kier molecular flexibility index (Phi) is 5.33. The van der Waals surface area contributed by atoms with Gasteiger partial charge in [0.15, 0.2) is 5.82 Å². The van der Waals surface area contributed by atoms with Gasteiger partial charge < -0.3 is 15.6 Å². The number of nitrogens with zero attached hydrogens (tertiary/aromatic N) is 4. The Morgan fingerprint density at radius 3 is 2.87 bits per heavy atom. The summed E-state index contributed by atoms with van der Waals surface area (Å²) in [6.07, 6.45) is 3.09. The maximum Gasteiger partial charge on any atom is 0.260 e. The first-order valence-electron chi connectivity index (χ1n) is 9.78. The highest BCUT2D eigenvalue weighted by Crippen LogP contribution is 2.38. The highest BCUT2D eigenvalue weighted by atomic mass is 35.5. The summed E-state index contributed by atoms with van der Waals surface area (Å²) >= 11 is 6.33. The molecule has 4 N–H and O–H groups in total. The van der Waals surface area contributed by atoms with Crippen molar-refractivity contribution < 1.29 is 0 Å². The first kappa shape index (κ1) is 20.1. The SMILES string of the molecule is CC(N[C@@H](C)c1cc2cccc(Cl)c2c(=O)n1C1CC1)c1c(N=CN)n[nH]c1C#N. The molecule has 1 unspecified atom stereocenters. The molecular formula is C21H22ClN7O. The minimum Gasteiger partial charge on any atom is -0.390 e. The van der Waals surface area contributed by atoms with Crippen LogP contribution in [-0.2, 0) is 0 Å². The van der Waals surface area contributed by atoms with Crippen molar-refractivity contribution in [1.82, 2.24) is 20.1 Å². The zero-order chi connectivity index (χ0) is 21.4. The summed E-state index contributed by atoms with van der Waals surface area (Å²) in [6.45, 7) is 3.92. The number of nitrogens with one attached hydrogen (secondary N) is 2. The van der Waals surface area contributed by atoms with Crippen LogP contribution in [0.1, 0.15) is 61.8 Å². The van der Waals surface area contributed by atoms with Gasteiger partial charge in [0, 0.05) is 23.8 Å². The van der Waals surface area contributed by atoms with E-state index in [4.69, 9.17) is 17.3 Å². The number of nitriles is 1. The van der Waals surface area contributed by atoms with Crippen molar-refractivity contribution in [2.45, 2.75) is 44.8 Å². The molecule has 1 fully saturated rings. The third-order valence-electron chi connectivity index (χ3n) is 5.44. The van der Waals surface area contributed by atoms with Gasteiger partial charge in [-0.3, -0.25) is 9.89 Å². The van der Waals surface area contributed by atoms with E-state index in [1.165, 1.54) is 0 Å². The molecule has 0 amide bonds. The number of H-pyrrole nitrogens is 1. The van der Waals surface area contributed by atoms with Gasteiger partial charge in [0.1, 0.15) is 11.8 Å². The van der Waals surface area contributed by atoms with Crippen LogP contribution >= 0.6 is 11.6 Å². The van der Waals surface area contributed by atoms with Gasteiger partial charge in [0.2, 0.25) is 0 Å². The Hall–Kier alpha value is -3.15. The molecule has 1 aliphatic carbocycles. The van der Waals surface area contributed by atoms with E-state index < -0.39 is 0 Å². The third-order valence-corrected chi connectivity index (χ3v) is 5.76. The van der Waals surface area contributed by atoms with E-state index in [1.54, 1.807) is 6.07 Å². The quantitative estimate of drug-likeness (QED) is 0.412. The summed E-state index contributed by atoms with van der Waals surface area (Å²) < 4.78 is 1.86. The number of halogens is 1. The molecule has 0 bridgehead atoms. The van der Waals surface area contributed by atoms with Gasteiger partial charge in [-0.05, 0) is 44.2 Å². The second kappa shape index (κ2) is 7.94.